The quantitative estimate of drug-likeness (QED) is 0.914. The number of hydrogen-bond donors (Lipinski definition) is 1. The van der Waals surface area contributed by atoms with E-state index < -0.39 is 17.7 Å². The normalized spacial score (nSPS) is 19.3. The van der Waals surface area contributed by atoms with Crippen molar-refractivity contribution in [2.45, 2.75) is 13.0 Å². The van der Waals surface area contributed by atoms with Crippen molar-refractivity contribution in [3.05, 3.63) is 34.6 Å². The molecule has 1 aromatic rings. The Labute approximate surface area is 108 Å². The van der Waals surface area contributed by atoms with Crippen molar-refractivity contribution in [3.8, 4) is 0 Å². The minimum absolute atomic E-state index is 0.0116. The van der Waals surface area contributed by atoms with Crippen molar-refractivity contribution in [1.29, 1.82) is 0 Å². The molecule has 96 valence electrons. The van der Waals surface area contributed by atoms with Crippen molar-refractivity contribution in [3.63, 3.8) is 0 Å². The third kappa shape index (κ3) is 2.61. The molecule has 0 radical (unpaired) electrons. The molecular formula is C12H11ClFNO3. The molecule has 1 amide bonds. The van der Waals surface area contributed by atoms with Gasteiger partial charge in [-0.2, -0.15) is 0 Å². The fraction of sp³-hybridized carbons (Fsp3) is 0.333. The van der Waals surface area contributed by atoms with Gasteiger partial charge >= 0.3 is 5.97 Å². The fourth-order valence-corrected chi connectivity index (χ4v) is 2.14. The lowest BCUT2D eigenvalue weighted by atomic mass is 10.1. The van der Waals surface area contributed by atoms with Gasteiger partial charge in [0.05, 0.1) is 5.92 Å². The Balaban J connectivity index is 2.12. The van der Waals surface area contributed by atoms with E-state index in [-0.39, 0.29) is 25.4 Å². The minimum Gasteiger partial charge on any atom is -0.481 e. The highest BCUT2D eigenvalue weighted by Crippen LogP contribution is 2.24. The first-order chi connectivity index (χ1) is 8.47. The van der Waals surface area contributed by atoms with E-state index in [1.807, 2.05) is 0 Å². The molecule has 1 fully saturated rings. The van der Waals surface area contributed by atoms with Crippen LogP contribution in [0.3, 0.4) is 0 Å². The van der Waals surface area contributed by atoms with E-state index in [0.717, 1.165) is 0 Å². The van der Waals surface area contributed by atoms with Gasteiger partial charge in [0, 0.05) is 24.5 Å². The molecule has 1 aromatic carbocycles. The van der Waals surface area contributed by atoms with Crippen molar-refractivity contribution in [2.75, 3.05) is 6.54 Å². The summed E-state index contributed by atoms with van der Waals surface area (Å²) in [6.45, 7) is 0.278. The van der Waals surface area contributed by atoms with Crippen LogP contribution in [0, 0.1) is 11.7 Å². The topological polar surface area (TPSA) is 57.6 Å². The molecule has 0 spiro atoms. The Bertz CT molecular complexity index is 506. The lowest BCUT2D eigenvalue weighted by Gasteiger charge is -2.16. The number of carbonyl (C=O) groups is 2. The molecule has 18 heavy (non-hydrogen) atoms. The second-order valence-corrected chi connectivity index (χ2v) is 4.66. The molecule has 1 atom stereocenters. The van der Waals surface area contributed by atoms with Gasteiger partial charge < -0.3 is 10.0 Å². The molecular weight excluding hydrogens is 261 g/mol. The zero-order chi connectivity index (χ0) is 13.3. The number of carbonyl (C=O) groups excluding carboxylic acids is 1. The average Bonchev–Trinajstić information content (AvgIpc) is 2.66. The zero-order valence-corrected chi connectivity index (χ0v) is 10.2. The van der Waals surface area contributed by atoms with Gasteiger partial charge in [-0.25, -0.2) is 4.39 Å². The van der Waals surface area contributed by atoms with Crippen molar-refractivity contribution in [2.24, 2.45) is 5.92 Å². The minimum atomic E-state index is -0.990. The predicted molar refractivity (Wildman–Crippen MR) is 62.6 cm³/mol. The first kappa shape index (κ1) is 12.8. The number of halogens is 2. The molecule has 1 aliphatic rings. The lowest BCUT2D eigenvalue weighted by Crippen LogP contribution is -2.26. The van der Waals surface area contributed by atoms with Crippen LogP contribution >= 0.6 is 11.6 Å². The van der Waals surface area contributed by atoms with Crippen molar-refractivity contribution >= 4 is 23.5 Å². The number of likely N-dealkylation sites (tertiary alicyclic amines) is 1. The van der Waals surface area contributed by atoms with Gasteiger partial charge in [0.2, 0.25) is 5.91 Å². The molecule has 4 nitrogen and oxygen atoms in total. The smallest absolute Gasteiger partial charge is 0.308 e. The van der Waals surface area contributed by atoms with E-state index in [0.29, 0.717) is 10.6 Å². The largest absolute Gasteiger partial charge is 0.481 e. The van der Waals surface area contributed by atoms with Gasteiger partial charge in [-0.3, -0.25) is 9.59 Å². The molecule has 0 bridgehead atoms. The molecule has 2 rings (SSSR count). The highest BCUT2D eigenvalue weighted by atomic mass is 35.5. The monoisotopic (exact) mass is 271 g/mol. The van der Waals surface area contributed by atoms with Crippen LogP contribution in [0.1, 0.15) is 12.0 Å². The Morgan fingerprint density at radius 3 is 2.89 bits per heavy atom. The SMILES string of the molecule is O=C(O)C1CC(=O)N(Cc2cc(F)ccc2Cl)C1. The highest BCUT2D eigenvalue weighted by molar-refractivity contribution is 6.31. The number of hydrogen-bond acceptors (Lipinski definition) is 2. The Morgan fingerprint density at radius 2 is 2.28 bits per heavy atom. The van der Waals surface area contributed by atoms with Crippen LogP contribution in [-0.4, -0.2) is 28.4 Å². The second-order valence-electron chi connectivity index (χ2n) is 4.25. The van der Waals surface area contributed by atoms with Crippen LogP contribution in [0.5, 0.6) is 0 Å². The Morgan fingerprint density at radius 1 is 1.56 bits per heavy atom. The molecule has 0 aromatic heterocycles. The highest BCUT2D eigenvalue weighted by Gasteiger charge is 2.34. The van der Waals surface area contributed by atoms with E-state index >= 15 is 0 Å². The third-order valence-electron chi connectivity index (χ3n) is 2.93. The van der Waals surface area contributed by atoms with Crippen LogP contribution in [0.25, 0.3) is 0 Å². The van der Waals surface area contributed by atoms with E-state index in [2.05, 4.69) is 0 Å². The summed E-state index contributed by atoms with van der Waals surface area (Å²) in [5, 5.41) is 9.21. The van der Waals surface area contributed by atoms with Crippen LogP contribution in [0.2, 0.25) is 5.02 Å². The Hall–Kier alpha value is -1.62. The van der Waals surface area contributed by atoms with Gasteiger partial charge in [-0.1, -0.05) is 11.6 Å². The zero-order valence-electron chi connectivity index (χ0n) is 9.40. The number of benzene rings is 1. The molecule has 1 N–H and O–H groups in total. The standard InChI is InChI=1S/C12H11ClFNO3/c13-10-2-1-9(14)3-7(10)5-15-6-8(12(17)18)4-11(15)16/h1-3,8H,4-6H2,(H,17,18). The molecule has 0 saturated carbocycles. The van der Waals surface area contributed by atoms with E-state index in [1.165, 1.54) is 23.1 Å². The summed E-state index contributed by atoms with van der Waals surface area (Å²) in [6, 6.07) is 3.91. The van der Waals surface area contributed by atoms with E-state index in [1.54, 1.807) is 0 Å². The summed E-state index contributed by atoms with van der Waals surface area (Å²) in [4.78, 5) is 23.8. The summed E-state index contributed by atoms with van der Waals surface area (Å²) in [6.07, 6.45) is -0.0116. The van der Waals surface area contributed by atoms with Crippen molar-refractivity contribution in [1.82, 2.24) is 4.90 Å². The predicted octanol–water partition coefficient (Wildman–Crippen LogP) is 1.91. The van der Waals surface area contributed by atoms with Gasteiger partial charge in [0.15, 0.2) is 0 Å². The molecule has 6 heteroatoms. The van der Waals surface area contributed by atoms with Gasteiger partial charge in [0.1, 0.15) is 5.82 Å². The second kappa shape index (κ2) is 4.94. The summed E-state index contributed by atoms with van der Waals surface area (Å²) in [5.41, 5.74) is 0.482. The summed E-state index contributed by atoms with van der Waals surface area (Å²) < 4.78 is 13.1. The first-order valence-electron chi connectivity index (χ1n) is 5.42. The number of rotatable bonds is 3. The van der Waals surface area contributed by atoms with Crippen LogP contribution < -0.4 is 0 Å². The maximum Gasteiger partial charge on any atom is 0.308 e. The molecule has 1 saturated heterocycles. The summed E-state index contributed by atoms with van der Waals surface area (Å²) in [7, 11) is 0. The average molecular weight is 272 g/mol. The number of carboxylic acid groups (broad SMARTS) is 1. The number of aliphatic carboxylic acids is 1. The van der Waals surface area contributed by atoms with Crippen LogP contribution in [0.4, 0.5) is 4.39 Å². The summed E-state index contributed by atoms with van der Waals surface area (Å²) in [5.74, 6) is -2.36. The number of nitrogens with zero attached hydrogens (tertiary/aromatic N) is 1. The maximum absolute atomic E-state index is 13.1. The molecule has 1 aliphatic heterocycles. The van der Waals surface area contributed by atoms with Crippen LogP contribution in [0.15, 0.2) is 18.2 Å². The number of carboxylic acids is 1. The molecule has 1 heterocycles. The summed E-state index contributed by atoms with van der Waals surface area (Å²) >= 11 is 5.90. The Kier molecular flexibility index (Phi) is 3.52. The first-order valence-corrected chi connectivity index (χ1v) is 5.79. The van der Waals surface area contributed by atoms with Gasteiger partial charge in [0.25, 0.3) is 0 Å². The molecule has 1 unspecified atom stereocenters. The van der Waals surface area contributed by atoms with Crippen LogP contribution in [-0.2, 0) is 16.1 Å². The fourth-order valence-electron chi connectivity index (χ4n) is 1.96. The van der Waals surface area contributed by atoms with Crippen molar-refractivity contribution < 1.29 is 19.1 Å². The van der Waals surface area contributed by atoms with Gasteiger partial charge in [-0.15, -0.1) is 0 Å². The van der Waals surface area contributed by atoms with Gasteiger partial charge in [-0.05, 0) is 23.8 Å². The lowest BCUT2D eigenvalue weighted by molar-refractivity contribution is -0.141. The molecule has 0 aliphatic carbocycles. The number of amides is 1. The van der Waals surface area contributed by atoms with E-state index in [4.69, 9.17) is 16.7 Å². The maximum atomic E-state index is 13.1. The third-order valence-corrected chi connectivity index (χ3v) is 3.30. The van der Waals surface area contributed by atoms with E-state index in [9.17, 15) is 14.0 Å².